The number of benzene rings is 2. The first kappa shape index (κ1) is 16.1. The van der Waals surface area contributed by atoms with E-state index in [1.54, 1.807) is 0 Å². The Morgan fingerprint density at radius 1 is 0.958 bits per heavy atom. The smallest absolute Gasteiger partial charge is 0.319 e. The van der Waals surface area contributed by atoms with Crippen LogP contribution in [0.3, 0.4) is 0 Å². The number of fused-ring (bicyclic) bond motifs is 1. The Morgan fingerprint density at radius 3 is 2.46 bits per heavy atom. The van der Waals surface area contributed by atoms with Gasteiger partial charge in [-0.05, 0) is 29.7 Å². The fourth-order valence-electron chi connectivity index (χ4n) is 2.85. The summed E-state index contributed by atoms with van der Waals surface area (Å²) in [6.07, 6.45) is 1.20. The van der Waals surface area contributed by atoms with Crippen molar-refractivity contribution in [1.82, 2.24) is 10.2 Å². The van der Waals surface area contributed by atoms with Gasteiger partial charge < -0.3 is 15.5 Å². The standard InChI is InChI=1S/C19H21N3O2/c23-18(22-13-11-15-6-4-5-7-16(15)14-22)10-12-20-19(24)21-17-8-2-1-3-9-17/h1-9H,10-14H2,(H2,20,21,24). The van der Waals surface area contributed by atoms with Crippen LogP contribution in [0.25, 0.3) is 0 Å². The maximum Gasteiger partial charge on any atom is 0.319 e. The highest BCUT2D eigenvalue weighted by Gasteiger charge is 2.19. The molecule has 124 valence electrons. The van der Waals surface area contributed by atoms with E-state index in [2.05, 4.69) is 22.8 Å². The van der Waals surface area contributed by atoms with Crippen LogP contribution in [0.15, 0.2) is 54.6 Å². The van der Waals surface area contributed by atoms with E-state index in [9.17, 15) is 9.59 Å². The Balaban J connectivity index is 1.42. The SMILES string of the molecule is O=C(NCCC(=O)N1CCc2ccccc2C1)Nc1ccccc1. The molecule has 3 amide bonds. The third kappa shape index (κ3) is 4.13. The molecule has 0 aliphatic carbocycles. The lowest BCUT2D eigenvalue weighted by Crippen LogP contribution is -2.38. The van der Waals surface area contributed by atoms with E-state index in [-0.39, 0.29) is 11.9 Å². The van der Waals surface area contributed by atoms with Gasteiger partial charge in [0.2, 0.25) is 5.91 Å². The first-order valence-corrected chi connectivity index (χ1v) is 8.17. The van der Waals surface area contributed by atoms with Crippen LogP contribution in [-0.4, -0.2) is 29.9 Å². The second kappa shape index (κ2) is 7.64. The summed E-state index contributed by atoms with van der Waals surface area (Å²) >= 11 is 0. The highest BCUT2D eigenvalue weighted by atomic mass is 16.2. The van der Waals surface area contributed by atoms with Gasteiger partial charge in [-0.3, -0.25) is 4.79 Å². The van der Waals surface area contributed by atoms with Crippen molar-refractivity contribution in [3.8, 4) is 0 Å². The molecule has 3 rings (SSSR count). The van der Waals surface area contributed by atoms with Gasteiger partial charge in [0.15, 0.2) is 0 Å². The number of hydrogen-bond acceptors (Lipinski definition) is 2. The summed E-state index contributed by atoms with van der Waals surface area (Å²) < 4.78 is 0. The quantitative estimate of drug-likeness (QED) is 0.909. The van der Waals surface area contributed by atoms with Crippen molar-refractivity contribution in [2.24, 2.45) is 0 Å². The Labute approximate surface area is 141 Å². The zero-order valence-electron chi connectivity index (χ0n) is 13.5. The molecule has 0 unspecified atom stereocenters. The predicted molar refractivity (Wildman–Crippen MR) is 93.6 cm³/mol. The molecule has 1 heterocycles. The van der Waals surface area contributed by atoms with E-state index < -0.39 is 0 Å². The first-order chi connectivity index (χ1) is 11.7. The minimum Gasteiger partial charge on any atom is -0.338 e. The van der Waals surface area contributed by atoms with Crippen LogP contribution in [0.2, 0.25) is 0 Å². The number of nitrogens with zero attached hydrogens (tertiary/aromatic N) is 1. The van der Waals surface area contributed by atoms with Gasteiger partial charge in [-0.15, -0.1) is 0 Å². The summed E-state index contributed by atoms with van der Waals surface area (Å²) in [5.41, 5.74) is 3.27. The van der Waals surface area contributed by atoms with Crippen molar-refractivity contribution >= 4 is 17.6 Å². The van der Waals surface area contributed by atoms with Gasteiger partial charge >= 0.3 is 6.03 Å². The van der Waals surface area contributed by atoms with Crippen molar-refractivity contribution < 1.29 is 9.59 Å². The summed E-state index contributed by atoms with van der Waals surface area (Å²) in [6, 6.07) is 17.2. The Bertz CT molecular complexity index is 716. The number of nitrogens with one attached hydrogen (secondary N) is 2. The molecule has 2 N–H and O–H groups in total. The molecular formula is C19H21N3O2. The second-order valence-electron chi connectivity index (χ2n) is 5.83. The topological polar surface area (TPSA) is 61.4 Å². The van der Waals surface area contributed by atoms with Crippen LogP contribution in [0.1, 0.15) is 17.5 Å². The van der Waals surface area contributed by atoms with Crippen molar-refractivity contribution in [3.05, 3.63) is 65.7 Å². The van der Waals surface area contributed by atoms with E-state index in [0.717, 1.165) is 18.7 Å². The van der Waals surface area contributed by atoms with Gasteiger partial charge in [-0.1, -0.05) is 42.5 Å². The van der Waals surface area contributed by atoms with Gasteiger partial charge in [0, 0.05) is 31.7 Å². The summed E-state index contributed by atoms with van der Waals surface area (Å²) in [6.45, 7) is 1.73. The number of carbonyl (C=O) groups is 2. The number of carbonyl (C=O) groups excluding carboxylic acids is 2. The van der Waals surface area contributed by atoms with Crippen molar-refractivity contribution in [2.75, 3.05) is 18.4 Å². The van der Waals surface area contributed by atoms with Crippen LogP contribution < -0.4 is 10.6 Å². The minimum absolute atomic E-state index is 0.0736. The summed E-state index contributed by atoms with van der Waals surface area (Å²) in [4.78, 5) is 25.9. The van der Waals surface area contributed by atoms with E-state index >= 15 is 0 Å². The molecule has 0 saturated carbocycles. The molecule has 1 aliphatic heterocycles. The van der Waals surface area contributed by atoms with E-state index in [1.807, 2.05) is 47.4 Å². The highest BCUT2D eigenvalue weighted by Crippen LogP contribution is 2.18. The lowest BCUT2D eigenvalue weighted by Gasteiger charge is -2.29. The van der Waals surface area contributed by atoms with Crippen molar-refractivity contribution in [3.63, 3.8) is 0 Å². The van der Waals surface area contributed by atoms with E-state index in [0.29, 0.717) is 19.5 Å². The summed E-state index contributed by atoms with van der Waals surface area (Å²) in [5, 5.41) is 5.46. The van der Waals surface area contributed by atoms with Gasteiger partial charge in [0.05, 0.1) is 0 Å². The van der Waals surface area contributed by atoms with Gasteiger partial charge in [-0.25, -0.2) is 4.79 Å². The maximum atomic E-state index is 12.3. The number of rotatable bonds is 4. The highest BCUT2D eigenvalue weighted by molar-refractivity contribution is 5.89. The van der Waals surface area contributed by atoms with Gasteiger partial charge in [0.25, 0.3) is 0 Å². The Morgan fingerprint density at radius 2 is 1.67 bits per heavy atom. The second-order valence-corrected chi connectivity index (χ2v) is 5.83. The number of hydrogen-bond donors (Lipinski definition) is 2. The molecular weight excluding hydrogens is 302 g/mol. The fourth-order valence-corrected chi connectivity index (χ4v) is 2.85. The zero-order chi connectivity index (χ0) is 16.8. The third-order valence-electron chi connectivity index (χ3n) is 4.14. The van der Waals surface area contributed by atoms with Crippen LogP contribution in [0, 0.1) is 0 Å². The molecule has 0 bridgehead atoms. The van der Waals surface area contributed by atoms with Gasteiger partial charge in [-0.2, -0.15) is 0 Å². The van der Waals surface area contributed by atoms with E-state index in [4.69, 9.17) is 0 Å². The monoisotopic (exact) mass is 323 g/mol. The van der Waals surface area contributed by atoms with Crippen LogP contribution in [0.5, 0.6) is 0 Å². The molecule has 24 heavy (non-hydrogen) atoms. The Kier molecular flexibility index (Phi) is 5.11. The minimum atomic E-state index is -0.294. The number of amides is 3. The molecule has 2 aromatic carbocycles. The normalized spacial score (nSPS) is 13.1. The number of urea groups is 1. The molecule has 5 heteroatoms. The predicted octanol–water partition coefficient (Wildman–Crippen LogP) is 2.78. The number of anilines is 1. The Hall–Kier alpha value is -2.82. The van der Waals surface area contributed by atoms with Crippen molar-refractivity contribution in [1.29, 1.82) is 0 Å². The molecule has 0 spiro atoms. The fraction of sp³-hybridized carbons (Fsp3) is 0.263. The van der Waals surface area contributed by atoms with Crippen molar-refractivity contribution in [2.45, 2.75) is 19.4 Å². The lowest BCUT2D eigenvalue weighted by molar-refractivity contribution is -0.131. The molecule has 1 aliphatic rings. The maximum absolute atomic E-state index is 12.3. The molecule has 5 nitrogen and oxygen atoms in total. The zero-order valence-corrected chi connectivity index (χ0v) is 13.5. The summed E-state index contributed by atoms with van der Waals surface area (Å²) in [7, 11) is 0. The van der Waals surface area contributed by atoms with E-state index in [1.165, 1.54) is 11.1 Å². The average molecular weight is 323 g/mol. The average Bonchev–Trinajstić information content (AvgIpc) is 2.62. The molecule has 0 saturated heterocycles. The number of para-hydroxylation sites is 1. The summed E-state index contributed by atoms with van der Waals surface area (Å²) in [5.74, 6) is 0.0736. The van der Waals surface area contributed by atoms with Crippen LogP contribution >= 0.6 is 0 Å². The third-order valence-corrected chi connectivity index (χ3v) is 4.14. The lowest BCUT2D eigenvalue weighted by atomic mass is 10.00. The molecule has 0 aromatic heterocycles. The van der Waals surface area contributed by atoms with Crippen LogP contribution in [0.4, 0.5) is 10.5 Å². The first-order valence-electron chi connectivity index (χ1n) is 8.17. The molecule has 0 radical (unpaired) electrons. The molecule has 2 aromatic rings. The largest absolute Gasteiger partial charge is 0.338 e. The molecule has 0 atom stereocenters. The van der Waals surface area contributed by atoms with Gasteiger partial charge in [0.1, 0.15) is 0 Å². The van der Waals surface area contributed by atoms with Crippen LogP contribution in [-0.2, 0) is 17.8 Å². The molecule has 0 fully saturated rings.